The van der Waals surface area contributed by atoms with Crippen molar-refractivity contribution in [2.45, 2.75) is 31.7 Å². The van der Waals surface area contributed by atoms with E-state index in [1.54, 1.807) is 0 Å². The zero-order valence-electron chi connectivity index (χ0n) is 10.4. The van der Waals surface area contributed by atoms with Crippen LogP contribution < -0.4 is 5.32 Å². The number of carbonyl (C=O) groups excluding carboxylic acids is 1. The van der Waals surface area contributed by atoms with E-state index < -0.39 is 12.0 Å². The first-order valence-electron chi connectivity index (χ1n) is 6.31. The van der Waals surface area contributed by atoms with Crippen molar-refractivity contribution >= 4 is 11.9 Å². The summed E-state index contributed by atoms with van der Waals surface area (Å²) in [6, 6.07) is 4.78. The Morgan fingerprint density at radius 3 is 2.47 bits per heavy atom. The van der Waals surface area contributed by atoms with Gasteiger partial charge in [-0.2, -0.15) is 0 Å². The van der Waals surface area contributed by atoms with Crippen LogP contribution in [0, 0.1) is 11.7 Å². The molecular weight excluding hydrogens is 249 g/mol. The van der Waals surface area contributed by atoms with Gasteiger partial charge in [-0.05, 0) is 30.0 Å². The van der Waals surface area contributed by atoms with Gasteiger partial charge in [-0.1, -0.05) is 25.0 Å². The molecule has 1 aliphatic carbocycles. The third-order valence-corrected chi connectivity index (χ3v) is 3.18. The summed E-state index contributed by atoms with van der Waals surface area (Å²) in [6.45, 7) is 0. The summed E-state index contributed by atoms with van der Waals surface area (Å²) in [4.78, 5) is 22.8. The number of benzene rings is 1. The number of amides is 1. The highest BCUT2D eigenvalue weighted by Gasteiger charge is 2.30. The molecule has 0 saturated heterocycles. The predicted molar refractivity (Wildman–Crippen MR) is 67.0 cm³/mol. The highest BCUT2D eigenvalue weighted by Crippen LogP contribution is 2.33. The monoisotopic (exact) mass is 265 g/mol. The minimum Gasteiger partial charge on any atom is -0.480 e. The lowest BCUT2D eigenvalue weighted by Crippen LogP contribution is -2.41. The summed E-state index contributed by atoms with van der Waals surface area (Å²) >= 11 is 0. The summed E-state index contributed by atoms with van der Waals surface area (Å²) < 4.78 is 12.7. The van der Waals surface area contributed by atoms with Gasteiger partial charge >= 0.3 is 5.97 Å². The Morgan fingerprint density at radius 2 is 1.95 bits per heavy atom. The number of rotatable bonds is 6. The lowest BCUT2D eigenvalue weighted by Gasteiger charge is -2.14. The van der Waals surface area contributed by atoms with Gasteiger partial charge in [0.15, 0.2) is 0 Å². The summed E-state index contributed by atoms with van der Waals surface area (Å²) in [5.74, 6) is -1.28. The highest BCUT2D eigenvalue weighted by molar-refractivity contribution is 5.84. The molecule has 1 fully saturated rings. The van der Waals surface area contributed by atoms with Crippen LogP contribution in [0.4, 0.5) is 4.39 Å². The van der Waals surface area contributed by atoms with Crippen molar-refractivity contribution in [1.82, 2.24) is 5.32 Å². The number of nitrogens with one attached hydrogen (secondary N) is 1. The molecule has 0 radical (unpaired) electrons. The fourth-order valence-corrected chi connectivity index (χ4v) is 1.94. The van der Waals surface area contributed by atoms with Crippen molar-refractivity contribution < 1.29 is 19.1 Å². The van der Waals surface area contributed by atoms with Crippen LogP contribution >= 0.6 is 0 Å². The Hall–Kier alpha value is -1.91. The maximum atomic E-state index is 12.7. The Morgan fingerprint density at radius 1 is 1.32 bits per heavy atom. The van der Waals surface area contributed by atoms with Crippen molar-refractivity contribution in [1.29, 1.82) is 0 Å². The first-order chi connectivity index (χ1) is 9.04. The fourth-order valence-electron chi connectivity index (χ4n) is 1.94. The van der Waals surface area contributed by atoms with E-state index in [9.17, 15) is 14.0 Å². The Bertz CT molecular complexity index is 468. The first kappa shape index (κ1) is 13.5. The SMILES string of the molecule is O=C(Cc1ccc(F)cc1)NC(CC1CC1)C(=O)O. The maximum Gasteiger partial charge on any atom is 0.326 e. The third-order valence-electron chi connectivity index (χ3n) is 3.18. The molecule has 2 N–H and O–H groups in total. The zero-order chi connectivity index (χ0) is 13.8. The molecule has 0 heterocycles. The lowest BCUT2D eigenvalue weighted by atomic mass is 10.1. The summed E-state index contributed by atoms with van der Waals surface area (Å²) in [6.07, 6.45) is 2.63. The fraction of sp³-hybridized carbons (Fsp3) is 0.429. The molecule has 1 aromatic rings. The molecule has 0 aromatic heterocycles. The molecule has 102 valence electrons. The van der Waals surface area contributed by atoms with Crippen LogP contribution in [-0.2, 0) is 16.0 Å². The van der Waals surface area contributed by atoms with Gasteiger partial charge in [-0.3, -0.25) is 4.79 Å². The molecule has 1 amide bonds. The molecule has 0 spiro atoms. The molecule has 1 unspecified atom stereocenters. The van der Waals surface area contributed by atoms with E-state index in [1.165, 1.54) is 24.3 Å². The lowest BCUT2D eigenvalue weighted by molar-refractivity contribution is -0.142. The normalized spacial score (nSPS) is 15.8. The average Bonchev–Trinajstić information content (AvgIpc) is 3.15. The van der Waals surface area contributed by atoms with E-state index in [0.717, 1.165) is 12.8 Å². The molecule has 0 bridgehead atoms. The van der Waals surface area contributed by atoms with Crippen molar-refractivity contribution in [2.75, 3.05) is 0 Å². The highest BCUT2D eigenvalue weighted by atomic mass is 19.1. The minimum atomic E-state index is -1.00. The number of carboxylic acid groups (broad SMARTS) is 1. The summed E-state index contributed by atoms with van der Waals surface area (Å²) in [5, 5.41) is 11.6. The van der Waals surface area contributed by atoms with Crippen LogP contribution in [-0.4, -0.2) is 23.0 Å². The summed E-state index contributed by atoms with van der Waals surface area (Å²) in [5.41, 5.74) is 0.662. The van der Waals surface area contributed by atoms with E-state index >= 15 is 0 Å². The molecule has 1 aromatic carbocycles. The van der Waals surface area contributed by atoms with Crippen LogP contribution in [0.25, 0.3) is 0 Å². The molecule has 5 heteroatoms. The standard InChI is InChI=1S/C14H16FNO3/c15-11-5-3-10(4-6-11)8-13(17)16-12(14(18)19)7-9-1-2-9/h3-6,9,12H,1-2,7-8H2,(H,16,17)(H,18,19). The molecule has 4 nitrogen and oxygen atoms in total. The van der Waals surface area contributed by atoms with Gasteiger partial charge in [0.25, 0.3) is 0 Å². The number of carboxylic acids is 1. The van der Waals surface area contributed by atoms with Crippen LogP contribution in [0.3, 0.4) is 0 Å². The number of carbonyl (C=O) groups is 2. The Kier molecular flexibility index (Phi) is 4.14. The number of hydrogen-bond acceptors (Lipinski definition) is 2. The van der Waals surface area contributed by atoms with Crippen molar-refractivity contribution in [2.24, 2.45) is 5.92 Å². The van der Waals surface area contributed by atoms with Crippen LogP contribution in [0.5, 0.6) is 0 Å². The van der Waals surface area contributed by atoms with Gasteiger partial charge in [0.2, 0.25) is 5.91 Å². The largest absolute Gasteiger partial charge is 0.480 e. The van der Waals surface area contributed by atoms with Crippen molar-refractivity contribution in [3.05, 3.63) is 35.6 Å². The number of hydrogen-bond donors (Lipinski definition) is 2. The molecule has 1 aliphatic rings. The molecular formula is C14H16FNO3. The third kappa shape index (κ3) is 4.35. The summed E-state index contributed by atoms with van der Waals surface area (Å²) in [7, 11) is 0. The molecule has 19 heavy (non-hydrogen) atoms. The van der Waals surface area contributed by atoms with Gasteiger partial charge in [0, 0.05) is 0 Å². The van der Waals surface area contributed by atoms with E-state index in [0.29, 0.717) is 17.9 Å². The van der Waals surface area contributed by atoms with Gasteiger partial charge in [-0.25, -0.2) is 9.18 Å². The van der Waals surface area contributed by atoms with Crippen LogP contribution in [0.15, 0.2) is 24.3 Å². The Balaban J connectivity index is 1.87. The second-order valence-corrected chi connectivity index (χ2v) is 4.94. The molecule has 1 saturated carbocycles. The second kappa shape index (κ2) is 5.82. The maximum absolute atomic E-state index is 12.7. The molecule has 0 aliphatic heterocycles. The van der Waals surface area contributed by atoms with E-state index in [-0.39, 0.29) is 18.1 Å². The Labute approximate surface area is 110 Å². The molecule has 1 atom stereocenters. The van der Waals surface area contributed by atoms with E-state index in [1.807, 2.05) is 0 Å². The topological polar surface area (TPSA) is 66.4 Å². The van der Waals surface area contributed by atoms with Crippen molar-refractivity contribution in [3.63, 3.8) is 0 Å². The second-order valence-electron chi connectivity index (χ2n) is 4.94. The average molecular weight is 265 g/mol. The van der Waals surface area contributed by atoms with Gasteiger partial charge in [-0.15, -0.1) is 0 Å². The van der Waals surface area contributed by atoms with Crippen LogP contribution in [0.1, 0.15) is 24.8 Å². The van der Waals surface area contributed by atoms with E-state index in [2.05, 4.69) is 5.32 Å². The number of halogens is 1. The van der Waals surface area contributed by atoms with Gasteiger partial charge in [0.1, 0.15) is 11.9 Å². The smallest absolute Gasteiger partial charge is 0.326 e. The van der Waals surface area contributed by atoms with Gasteiger partial charge < -0.3 is 10.4 Å². The zero-order valence-corrected chi connectivity index (χ0v) is 10.4. The quantitative estimate of drug-likeness (QED) is 0.823. The van der Waals surface area contributed by atoms with Crippen molar-refractivity contribution in [3.8, 4) is 0 Å². The van der Waals surface area contributed by atoms with Gasteiger partial charge in [0.05, 0.1) is 6.42 Å². The van der Waals surface area contributed by atoms with Crippen LogP contribution in [0.2, 0.25) is 0 Å². The van der Waals surface area contributed by atoms with E-state index in [4.69, 9.17) is 5.11 Å². The molecule has 2 rings (SSSR count). The number of aliphatic carboxylic acids is 1. The first-order valence-corrected chi connectivity index (χ1v) is 6.31. The predicted octanol–water partition coefficient (Wildman–Crippen LogP) is 1.74. The minimum absolute atomic E-state index is 0.0642.